The lowest BCUT2D eigenvalue weighted by atomic mass is 9.83. The van der Waals surface area contributed by atoms with Gasteiger partial charge < -0.3 is 5.32 Å². The fourth-order valence-electron chi connectivity index (χ4n) is 2.45. The molecule has 2 atom stereocenters. The van der Waals surface area contributed by atoms with Crippen LogP contribution >= 0.6 is 0 Å². The van der Waals surface area contributed by atoms with Gasteiger partial charge in [-0.3, -0.25) is 0 Å². The molecule has 1 aromatic rings. The van der Waals surface area contributed by atoms with Crippen molar-refractivity contribution in [2.45, 2.75) is 26.7 Å². The third-order valence-electron chi connectivity index (χ3n) is 3.73. The van der Waals surface area contributed by atoms with Crippen molar-refractivity contribution in [3.8, 4) is 0 Å². The molecule has 0 radical (unpaired) electrons. The summed E-state index contributed by atoms with van der Waals surface area (Å²) in [5, 5.41) is 3.50. The first-order valence-corrected chi connectivity index (χ1v) is 6.02. The smallest absolute Gasteiger partial charge is 0.00148 e. The Balaban J connectivity index is 2.04. The van der Waals surface area contributed by atoms with Gasteiger partial charge in [0.05, 0.1) is 0 Å². The summed E-state index contributed by atoms with van der Waals surface area (Å²) >= 11 is 0. The van der Waals surface area contributed by atoms with Crippen molar-refractivity contribution in [2.75, 3.05) is 13.1 Å². The zero-order valence-electron chi connectivity index (χ0n) is 9.79. The molecule has 0 bridgehead atoms. The van der Waals surface area contributed by atoms with E-state index < -0.39 is 0 Å². The van der Waals surface area contributed by atoms with E-state index in [0.717, 1.165) is 11.8 Å². The lowest BCUT2D eigenvalue weighted by Gasteiger charge is -2.30. The van der Waals surface area contributed by atoms with Gasteiger partial charge in [0, 0.05) is 0 Å². The Morgan fingerprint density at radius 2 is 2.13 bits per heavy atom. The second-order valence-corrected chi connectivity index (χ2v) is 4.86. The van der Waals surface area contributed by atoms with Crippen molar-refractivity contribution in [3.05, 3.63) is 35.4 Å². The minimum absolute atomic E-state index is 0.819. The average Bonchev–Trinajstić information content (AvgIpc) is 2.24. The molecule has 1 heterocycles. The van der Waals surface area contributed by atoms with E-state index in [1.54, 1.807) is 0 Å². The average molecular weight is 203 g/mol. The summed E-state index contributed by atoms with van der Waals surface area (Å²) in [7, 11) is 0. The first-order valence-electron chi connectivity index (χ1n) is 6.02. The summed E-state index contributed by atoms with van der Waals surface area (Å²) < 4.78 is 0. The molecule has 1 fully saturated rings. The molecule has 1 nitrogen and oxygen atoms in total. The predicted molar refractivity (Wildman–Crippen MR) is 65.0 cm³/mol. The molecule has 2 rings (SSSR count). The Labute approximate surface area is 92.9 Å². The number of piperidine rings is 1. The maximum absolute atomic E-state index is 3.50. The number of rotatable bonds is 2. The van der Waals surface area contributed by atoms with Crippen molar-refractivity contribution >= 4 is 0 Å². The van der Waals surface area contributed by atoms with Crippen LogP contribution < -0.4 is 5.32 Å². The number of aryl methyl sites for hydroxylation is 1. The van der Waals surface area contributed by atoms with Crippen LogP contribution in [0.3, 0.4) is 0 Å². The van der Waals surface area contributed by atoms with Gasteiger partial charge in [0.1, 0.15) is 0 Å². The third kappa shape index (κ3) is 2.60. The maximum atomic E-state index is 3.50. The summed E-state index contributed by atoms with van der Waals surface area (Å²) in [6.45, 7) is 7.00. The van der Waals surface area contributed by atoms with E-state index in [1.165, 1.54) is 37.1 Å². The van der Waals surface area contributed by atoms with Crippen LogP contribution in [0.25, 0.3) is 0 Å². The van der Waals surface area contributed by atoms with E-state index >= 15 is 0 Å². The molecule has 1 aromatic carbocycles. The fraction of sp³-hybridized carbons (Fsp3) is 0.571. The van der Waals surface area contributed by atoms with Gasteiger partial charge in [-0.1, -0.05) is 31.2 Å². The summed E-state index contributed by atoms with van der Waals surface area (Å²) in [6.07, 6.45) is 2.57. The molecular weight excluding hydrogens is 182 g/mol. The van der Waals surface area contributed by atoms with Gasteiger partial charge in [0.2, 0.25) is 0 Å². The van der Waals surface area contributed by atoms with Crippen LogP contribution in [0.2, 0.25) is 0 Å². The van der Waals surface area contributed by atoms with E-state index in [4.69, 9.17) is 0 Å². The standard InChI is InChI=1S/C14H21N/c1-11-5-3-4-6-13(11)9-14-10-15-8-7-12(14)2/h3-6,12,14-15H,7-10H2,1-2H3. The van der Waals surface area contributed by atoms with Crippen LogP contribution in [0.5, 0.6) is 0 Å². The van der Waals surface area contributed by atoms with Crippen molar-refractivity contribution < 1.29 is 0 Å². The van der Waals surface area contributed by atoms with Gasteiger partial charge in [-0.05, 0) is 55.8 Å². The highest BCUT2D eigenvalue weighted by Gasteiger charge is 2.21. The Hall–Kier alpha value is -0.820. The molecule has 1 saturated heterocycles. The van der Waals surface area contributed by atoms with E-state index in [-0.39, 0.29) is 0 Å². The lowest BCUT2D eigenvalue weighted by molar-refractivity contribution is 0.272. The molecule has 0 saturated carbocycles. The maximum Gasteiger partial charge on any atom is -0.00148 e. The number of nitrogens with one attached hydrogen (secondary N) is 1. The van der Waals surface area contributed by atoms with E-state index in [9.17, 15) is 0 Å². The molecule has 1 heteroatoms. The summed E-state index contributed by atoms with van der Waals surface area (Å²) in [5.74, 6) is 1.69. The van der Waals surface area contributed by atoms with Gasteiger partial charge >= 0.3 is 0 Å². The molecule has 82 valence electrons. The molecule has 0 aliphatic carbocycles. The Morgan fingerprint density at radius 1 is 1.33 bits per heavy atom. The predicted octanol–water partition coefficient (Wildman–Crippen LogP) is 2.78. The minimum Gasteiger partial charge on any atom is -0.316 e. The largest absolute Gasteiger partial charge is 0.316 e. The zero-order valence-corrected chi connectivity index (χ0v) is 9.79. The summed E-state index contributed by atoms with van der Waals surface area (Å²) in [4.78, 5) is 0. The monoisotopic (exact) mass is 203 g/mol. The van der Waals surface area contributed by atoms with Crippen LogP contribution in [-0.2, 0) is 6.42 Å². The van der Waals surface area contributed by atoms with E-state index in [1.807, 2.05) is 0 Å². The second-order valence-electron chi connectivity index (χ2n) is 4.86. The Bertz CT molecular complexity index is 319. The van der Waals surface area contributed by atoms with Gasteiger partial charge in [-0.15, -0.1) is 0 Å². The van der Waals surface area contributed by atoms with Crippen LogP contribution in [-0.4, -0.2) is 13.1 Å². The van der Waals surface area contributed by atoms with Crippen molar-refractivity contribution in [1.29, 1.82) is 0 Å². The molecule has 0 aromatic heterocycles. The first-order chi connectivity index (χ1) is 7.27. The first kappa shape index (κ1) is 10.7. The number of benzene rings is 1. The number of hydrogen-bond donors (Lipinski definition) is 1. The summed E-state index contributed by atoms with van der Waals surface area (Å²) in [6, 6.07) is 8.78. The number of hydrogen-bond acceptors (Lipinski definition) is 1. The Morgan fingerprint density at radius 3 is 2.87 bits per heavy atom. The van der Waals surface area contributed by atoms with Gasteiger partial charge in [0.25, 0.3) is 0 Å². The molecule has 1 aliphatic heterocycles. The highest BCUT2D eigenvalue weighted by molar-refractivity contribution is 5.26. The topological polar surface area (TPSA) is 12.0 Å². The zero-order chi connectivity index (χ0) is 10.7. The van der Waals surface area contributed by atoms with E-state index in [0.29, 0.717) is 0 Å². The van der Waals surface area contributed by atoms with Gasteiger partial charge in [0.15, 0.2) is 0 Å². The lowest BCUT2D eigenvalue weighted by Crippen LogP contribution is -2.36. The van der Waals surface area contributed by atoms with Crippen molar-refractivity contribution in [3.63, 3.8) is 0 Å². The molecule has 1 aliphatic rings. The SMILES string of the molecule is Cc1ccccc1CC1CNCCC1C. The van der Waals surface area contributed by atoms with E-state index in [2.05, 4.69) is 43.4 Å². The molecule has 1 N–H and O–H groups in total. The van der Waals surface area contributed by atoms with Crippen LogP contribution in [0.4, 0.5) is 0 Å². The molecule has 15 heavy (non-hydrogen) atoms. The third-order valence-corrected chi connectivity index (χ3v) is 3.73. The van der Waals surface area contributed by atoms with Gasteiger partial charge in [-0.25, -0.2) is 0 Å². The highest BCUT2D eigenvalue weighted by Crippen LogP contribution is 2.23. The molecule has 0 amide bonds. The van der Waals surface area contributed by atoms with Crippen LogP contribution in [0, 0.1) is 18.8 Å². The minimum atomic E-state index is 0.819. The normalized spacial score (nSPS) is 26.5. The van der Waals surface area contributed by atoms with Gasteiger partial charge in [-0.2, -0.15) is 0 Å². The van der Waals surface area contributed by atoms with Crippen molar-refractivity contribution in [2.24, 2.45) is 11.8 Å². The van der Waals surface area contributed by atoms with Crippen LogP contribution in [0.1, 0.15) is 24.5 Å². The van der Waals surface area contributed by atoms with Crippen molar-refractivity contribution in [1.82, 2.24) is 5.32 Å². The Kier molecular flexibility index (Phi) is 3.42. The second kappa shape index (κ2) is 4.80. The quantitative estimate of drug-likeness (QED) is 0.779. The fourth-order valence-corrected chi connectivity index (χ4v) is 2.45. The highest BCUT2D eigenvalue weighted by atomic mass is 14.9. The molecular formula is C14H21N. The molecule has 2 unspecified atom stereocenters. The summed E-state index contributed by atoms with van der Waals surface area (Å²) in [5.41, 5.74) is 2.97. The molecule has 0 spiro atoms. The van der Waals surface area contributed by atoms with Crippen LogP contribution in [0.15, 0.2) is 24.3 Å².